The fraction of sp³-hybridized carbons (Fsp3) is 0.562. The first-order valence-corrected chi connectivity index (χ1v) is 7.58. The molecule has 116 valence electrons. The van der Waals surface area contributed by atoms with Crippen molar-refractivity contribution in [2.45, 2.75) is 13.3 Å². The first-order chi connectivity index (χ1) is 10.3. The van der Waals surface area contributed by atoms with Gasteiger partial charge in [-0.1, -0.05) is 12.1 Å². The van der Waals surface area contributed by atoms with Crippen molar-refractivity contribution in [3.8, 4) is 5.75 Å². The van der Waals surface area contributed by atoms with E-state index < -0.39 is 0 Å². The molecule has 1 N–H and O–H groups in total. The molecular formula is C16H24N2O3. The molecule has 0 spiro atoms. The number of piperazine rings is 1. The molecular weight excluding hydrogens is 268 g/mol. The number of carbonyl (C=O) groups is 1. The predicted octanol–water partition coefficient (Wildman–Crippen LogP) is 1.08. The Labute approximate surface area is 126 Å². The number of nitrogens with zero attached hydrogens (tertiary/aromatic N) is 1. The Kier molecular flexibility index (Phi) is 6.50. The van der Waals surface area contributed by atoms with E-state index in [4.69, 9.17) is 9.47 Å². The summed E-state index contributed by atoms with van der Waals surface area (Å²) >= 11 is 0. The highest BCUT2D eigenvalue weighted by Crippen LogP contribution is 2.12. The minimum atomic E-state index is -0.172. The minimum Gasteiger partial charge on any atom is -0.494 e. The van der Waals surface area contributed by atoms with Gasteiger partial charge in [-0.15, -0.1) is 0 Å². The number of benzene rings is 1. The first kappa shape index (κ1) is 15.8. The van der Waals surface area contributed by atoms with Gasteiger partial charge in [-0.2, -0.15) is 0 Å². The van der Waals surface area contributed by atoms with Crippen molar-refractivity contribution in [1.29, 1.82) is 0 Å². The molecule has 1 aromatic rings. The average Bonchev–Trinajstić information content (AvgIpc) is 2.51. The number of esters is 1. The number of ether oxygens (including phenoxy) is 2. The molecule has 1 aliphatic heterocycles. The van der Waals surface area contributed by atoms with Gasteiger partial charge in [-0.05, 0) is 24.6 Å². The van der Waals surface area contributed by atoms with Crippen molar-refractivity contribution < 1.29 is 14.3 Å². The van der Waals surface area contributed by atoms with E-state index in [0.717, 1.165) is 44.0 Å². The zero-order valence-corrected chi connectivity index (χ0v) is 12.6. The molecule has 1 saturated heterocycles. The zero-order chi connectivity index (χ0) is 14.9. The van der Waals surface area contributed by atoms with E-state index in [1.54, 1.807) is 0 Å². The fourth-order valence-corrected chi connectivity index (χ4v) is 2.31. The van der Waals surface area contributed by atoms with E-state index in [0.29, 0.717) is 19.6 Å². The minimum absolute atomic E-state index is 0.172. The molecule has 1 heterocycles. The third-order valence-corrected chi connectivity index (χ3v) is 3.46. The van der Waals surface area contributed by atoms with Crippen molar-refractivity contribution in [2.75, 3.05) is 45.9 Å². The maximum Gasteiger partial charge on any atom is 0.310 e. The maximum absolute atomic E-state index is 11.8. The predicted molar refractivity (Wildman–Crippen MR) is 81.6 cm³/mol. The molecule has 0 bridgehead atoms. The summed E-state index contributed by atoms with van der Waals surface area (Å²) in [6.45, 7) is 7.96. The van der Waals surface area contributed by atoms with Gasteiger partial charge in [0.25, 0.3) is 0 Å². The van der Waals surface area contributed by atoms with E-state index in [-0.39, 0.29) is 5.97 Å². The summed E-state index contributed by atoms with van der Waals surface area (Å²) in [6, 6.07) is 7.57. The van der Waals surface area contributed by atoms with Crippen LogP contribution in [0.4, 0.5) is 0 Å². The smallest absolute Gasteiger partial charge is 0.310 e. The Bertz CT molecular complexity index is 428. The third kappa shape index (κ3) is 5.73. The fourth-order valence-electron chi connectivity index (χ4n) is 2.31. The molecule has 0 aromatic heterocycles. The maximum atomic E-state index is 11.8. The summed E-state index contributed by atoms with van der Waals surface area (Å²) < 4.78 is 10.7. The van der Waals surface area contributed by atoms with Crippen LogP contribution in [0.2, 0.25) is 0 Å². The largest absolute Gasteiger partial charge is 0.494 e. The van der Waals surface area contributed by atoms with Crippen LogP contribution in [0.3, 0.4) is 0 Å². The van der Waals surface area contributed by atoms with E-state index in [1.165, 1.54) is 0 Å². The highest BCUT2D eigenvalue weighted by atomic mass is 16.5. The van der Waals surface area contributed by atoms with Crippen molar-refractivity contribution in [2.24, 2.45) is 0 Å². The topological polar surface area (TPSA) is 50.8 Å². The SMILES string of the molecule is CCOc1ccc(CC(=O)OCCN2CCNCC2)cc1. The molecule has 0 radical (unpaired) electrons. The van der Waals surface area contributed by atoms with Crippen LogP contribution in [0, 0.1) is 0 Å². The van der Waals surface area contributed by atoms with Crippen LogP contribution in [0.15, 0.2) is 24.3 Å². The molecule has 0 amide bonds. The van der Waals surface area contributed by atoms with Crippen molar-refractivity contribution in [3.05, 3.63) is 29.8 Å². The van der Waals surface area contributed by atoms with Crippen LogP contribution in [0.1, 0.15) is 12.5 Å². The first-order valence-electron chi connectivity index (χ1n) is 7.58. The molecule has 0 atom stereocenters. The molecule has 1 fully saturated rings. The van der Waals surface area contributed by atoms with Gasteiger partial charge in [-0.3, -0.25) is 9.69 Å². The highest BCUT2D eigenvalue weighted by Gasteiger charge is 2.10. The Balaban J connectivity index is 1.66. The van der Waals surface area contributed by atoms with E-state index in [9.17, 15) is 4.79 Å². The van der Waals surface area contributed by atoms with Gasteiger partial charge in [0.1, 0.15) is 12.4 Å². The molecule has 5 heteroatoms. The summed E-state index contributed by atoms with van der Waals surface area (Å²) in [5, 5.41) is 3.30. The molecule has 0 unspecified atom stereocenters. The van der Waals surface area contributed by atoms with Crippen molar-refractivity contribution in [3.63, 3.8) is 0 Å². The second-order valence-corrected chi connectivity index (χ2v) is 5.07. The molecule has 5 nitrogen and oxygen atoms in total. The van der Waals surface area contributed by atoms with Crippen LogP contribution in [-0.4, -0.2) is 56.8 Å². The van der Waals surface area contributed by atoms with Gasteiger partial charge in [-0.25, -0.2) is 0 Å². The number of nitrogens with one attached hydrogen (secondary N) is 1. The number of hydrogen-bond acceptors (Lipinski definition) is 5. The van der Waals surface area contributed by atoms with Gasteiger partial charge in [0.15, 0.2) is 0 Å². The van der Waals surface area contributed by atoms with Gasteiger partial charge < -0.3 is 14.8 Å². The molecule has 21 heavy (non-hydrogen) atoms. The van der Waals surface area contributed by atoms with Gasteiger partial charge >= 0.3 is 5.97 Å². The highest BCUT2D eigenvalue weighted by molar-refractivity contribution is 5.72. The molecule has 1 aliphatic rings. The van der Waals surface area contributed by atoms with Crippen LogP contribution in [0.5, 0.6) is 5.75 Å². The second-order valence-electron chi connectivity index (χ2n) is 5.07. The monoisotopic (exact) mass is 292 g/mol. The summed E-state index contributed by atoms with van der Waals surface area (Å²) in [4.78, 5) is 14.1. The summed E-state index contributed by atoms with van der Waals surface area (Å²) in [7, 11) is 0. The molecule has 2 rings (SSSR count). The number of rotatable bonds is 7. The lowest BCUT2D eigenvalue weighted by Crippen LogP contribution is -2.44. The number of carbonyl (C=O) groups excluding carboxylic acids is 1. The lowest BCUT2D eigenvalue weighted by molar-refractivity contribution is -0.143. The Hall–Kier alpha value is -1.59. The van der Waals surface area contributed by atoms with Crippen LogP contribution >= 0.6 is 0 Å². The normalized spacial score (nSPS) is 15.7. The standard InChI is InChI=1S/C16H24N2O3/c1-2-20-15-5-3-14(4-6-15)13-16(19)21-12-11-18-9-7-17-8-10-18/h3-6,17H,2,7-13H2,1H3. The lowest BCUT2D eigenvalue weighted by Gasteiger charge is -2.26. The van der Waals surface area contributed by atoms with E-state index >= 15 is 0 Å². The van der Waals surface area contributed by atoms with Crippen molar-refractivity contribution >= 4 is 5.97 Å². The second kappa shape index (κ2) is 8.64. The third-order valence-electron chi connectivity index (χ3n) is 3.46. The van der Waals surface area contributed by atoms with Gasteiger partial charge in [0.2, 0.25) is 0 Å². The van der Waals surface area contributed by atoms with Crippen LogP contribution in [0.25, 0.3) is 0 Å². The average molecular weight is 292 g/mol. The van der Waals surface area contributed by atoms with Crippen molar-refractivity contribution in [1.82, 2.24) is 10.2 Å². The quantitative estimate of drug-likeness (QED) is 0.762. The molecule has 1 aromatic carbocycles. The summed E-state index contributed by atoms with van der Waals surface area (Å²) in [5.74, 6) is 0.655. The molecule has 0 saturated carbocycles. The Morgan fingerprint density at radius 2 is 1.95 bits per heavy atom. The van der Waals surface area contributed by atoms with E-state index in [2.05, 4.69) is 10.2 Å². The van der Waals surface area contributed by atoms with Crippen LogP contribution in [-0.2, 0) is 16.0 Å². The summed E-state index contributed by atoms with van der Waals surface area (Å²) in [5.41, 5.74) is 0.950. The summed E-state index contributed by atoms with van der Waals surface area (Å²) in [6.07, 6.45) is 0.313. The van der Waals surface area contributed by atoms with Gasteiger partial charge in [0.05, 0.1) is 13.0 Å². The zero-order valence-electron chi connectivity index (χ0n) is 12.6. The van der Waals surface area contributed by atoms with Crippen LogP contribution < -0.4 is 10.1 Å². The number of hydrogen-bond donors (Lipinski definition) is 1. The van der Waals surface area contributed by atoms with Gasteiger partial charge in [0, 0.05) is 32.7 Å². The lowest BCUT2D eigenvalue weighted by atomic mass is 10.1. The Morgan fingerprint density at radius 1 is 1.24 bits per heavy atom. The van der Waals surface area contributed by atoms with E-state index in [1.807, 2.05) is 31.2 Å². The molecule has 0 aliphatic carbocycles. The Morgan fingerprint density at radius 3 is 2.62 bits per heavy atom.